The molecule has 1 heterocycles. The fourth-order valence-electron chi connectivity index (χ4n) is 1.79. The minimum Gasteiger partial charge on any atom is -0.357 e. The second kappa shape index (κ2) is 4.01. The van der Waals surface area contributed by atoms with Crippen molar-refractivity contribution in [3.63, 3.8) is 0 Å². The molecule has 0 aliphatic heterocycles. The normalized spacial score (nSPS) is 15.9. The molecule has 0 radical (unpaired) electrons. The Morgan fingerprint density at radius 1 is 1.53 bits per heavy atom. The highest BCUT2D eigenvalue weighted by Crippen LogP contribution is 2.27. The first-order valence-electron chi connectivity index (χ1n) is 5.38. The predicted molar refractivity (Wildman–Crippen MR) is 60.3 cm³/mol. The van der Waals surface area contributed by atoms with E-state index in [0.29, 0.717) is 6.04 Å². The zero-order valence-electron chi connectivity index (χ0n) is 9.23. The summed E-state index contributed by atoms with van der Waals surface area (Å²) in [5.74, 6) is 1.01. The van der Waals surface area contributed by atoms with E-state index < -0.39 is 0 Å². The molecule has 3 heteroatoms. The van der Waals surface area contributed by atoms with Gasteiger partial charge in [-0.05, 0) is 38.3 Å². The van der Waals surface area contributed by atoms with Crippen LogP contribution in [0.4, 0.5) is 5.82 Å². The van der Waals surface area contributed by atoms with Gasteiger partial charge in [-0.1, -0.05) is 0 Å². The zero-order chi connectivity index (χ0) is 10.8. The Morgan fingerprint density at radius 3 is 2.80 bits per heavy atom. The van der Waals surface area contributed by atoms with E-state index >= 15 is 0 Å². The van der Waals surface area contributed by atoms with E-state index in [4.69, 9.17) is 0 Å². The van der Waals surface area contributed by atoms with Crippen molar-refractivity contribution in [1.82, 2.24) is 4.98 Å². The number of ketones is 1. The molecule has 3 nitrogen and oxygen atoms in total. The van der Waals surface area contributed by atoms with Gasteiger partial charge in [-0.15, -0.1) is 0 Å². The molecule has 1 saturated carbocycles. The van der Waals surface area contributed by atoms with E-state index in [-0.39, 0.29) is 5.78 Å². The Bertz CT molecular complexity index is 372. The minimum absolute atomic E-state index is 0.0978. The third kappa shape index (κ3) is 2.01. The van der Waals surface area contributed by atoms with Crippen LogP contribution in [-0.4, -0.2) is 23.9 Å². The van der Waals surface area contributed by atoms with Crippen LogP contribution in [0.3, 0.4) is 0 Å². The quantitative estimate of drug-likeness (QED) is 0.708. The third-order valence-electron chi connectivity index (χ3n) is 3.14. The molecule has 0 saturated heterocycles. The second-order valence-electron chi connectivity index (χ2n) is 4.15. The first kappa shape index (κ1) is 10.1. The SMILES string of the molecule is CC(=O)c1ccnc(N(C)C2CCC2)c1. The maximum absolute atomic E-state index is 11.2. The molecule has 0 amide bonds. The number of hydrogen-bond acceptors (Lipinski definition) is 3. The van der Waals surface area contributed by atoms with Gasteiger partial charge in [-0.2, -0.15) is 0 Å². The van der Waals surface area contributed by atoms with Gasteiger partial charge < -0.3 is 4.90 Å². The number of Topliss-reactive ketones (excluding diaryl/α,β-unsaturated/α-hetero) is 1. The smallest absolute Gasteiger partial charge is 0.159 e. The lowest BCUT2D eigenvalue weighted by Gasteiger charge is -2.35. The molecule has 15 heavy (non-hydrogen) atoms. The topological polar surface area (TPSA) is 33.2 Å². The number of carbonyl (C=O) groups is 1. The van der Waals surface area contributed by atoms with Gasteiger partial charge in [0.15, 0.2) is 5.78 Å². The molecular formula is C12H16N2O. The summed E-state index contributed by atoms with van der Waals surface area (Å²) in [7, 11) is 2.05. The van der Waals surface area contributed by atoms with Gasteiger partial charge in [-0.25, -0.2) is 4.98 Å². The maximum Gasteiger partial charge on any atom is 0.159 e. The van der Waals surface area contributed by atoms with Crippen LogP contribution in [0.5, 0.6) is 0 Å². The first-order chi connectivity index (χ1) is 7.18. The molecule has 0 bridgehead atoms. The van der Waals surface area contributed by atoms with Crippen LogP contribution in [0, 0.1) is 0 Å². The molecule has 1 aliphatic carbocycles. The lowest BCUT2D eigenvalue weighted by molar-refractivity contribution is 0.101. The summed E-state index contributed by atoms with van der Waals surface area (Å²) in [6.07, 6.45) is 5.49. The van der Waals surface area contributed by atoms with E-state index in [9.17, 15) is 4.79 Å². The summed E-state index contributed by atoms with van der Waals surface area (Å²) in [6, 6.07) is 4.25. The summed E-state index contributed by atoms with van der Waals surface area (Å²) in [4.78, 5) is 17.7. The Balaban J connectivity index is 2.19. The highest BCUT2D eigenvalue weighted by molar-refractivity contribution is 5.94. The first-order valence-corrected chi connectivity index (χ1v) is 5.38. The average Bonchev–Trinajstić information content (AvgIpc) is 2.15. The molecule has 0 N–H and O–H groups in total. The standard InChI is InChI=1S/C12H16N2O/c1-9(15)10-6-7-13-12(8-10)14(2)11-4-3-5-11/h6-8,11H,3-5H2,1-2H3. The van der Waals surface area contributed by atoms with Crippen molar-refractivity contribution >= 4 is 11.6 Å². The Hall–Kier alpha value is -1.38. The largest absolute Gasteiger partial charge is 0.357 e. The number of anilines is 1. The van der Waals surface area contributed by atoms with Crippen molar-refractivity contribution in [2.75, 3.05) is 11.9 Å². The lowest BCUT2D eigenvalue weighted by Crippen LogP contribution is -2.37. The zero-order valence-corrected chi connectivity index (χ0v) is 9.23. The summed E-state index contributed by atoms with van der Waals surface area (Å²) in [6.45, 7) is 1.59. The number of carbonyl (C=O) groups excluding carboxylic acids is 1. The molecular weight excluding hydrogens is 188 g/mol. The minimum atomic E-state index is 0.0978. The fraction of sp³-hybridized carbons (Fsp3) is 0.500. The summed E-state index contributed by atoms with van der Waals surface area (Å²) >= 11 is 0. The van der Waals surface area contributed by atoms with Crippen LogP contribution in [0.2, 0.25) is 0 Å². The van der Waals surface area contributed by atoms with Gasteiger partial charge in [0, 0.05) is 24.8 Å². The van der Waals surface area contributed by atoms with E-state index in [1.807, 2.05) is 6.07 Å². The van der Waals surface area contributed by atoms with E-state index in [1.54, 1.807) is 19.2 Å². The van der Waals surface area contributed by atoms with Crippen molar-refractivity contribution in [2.45, 2.75) is 32.2 Å². The van der Waals surface area contributed by atoms with Crippen LogP contribution < -0.4 is 4.90 Å². The van der Waals surface area contributed by atoms with Gasteiger partial charge in [0.2, 0.25) is 0 Å². The van der Waals surface area contributed by atoms with Gasteiger partial charge >= 0.3 is 0 Å². The van der Waals surface area contributed by atoms with Gasteiger partial charge in [0.05, 0.1) is 0 Å². The Kier molecular flexibility index (Phi) is 2.71. The van der Waals surface area contributed by atoms with Gasteiger partial charge in [0.25, 0.3) is 0 Å². The molecule has 0 aromatic carbocycles. The van der Waals surface area contributed by atoms with Crippen LogP contribution in [-0.2, 0) is 0 Å². The van der Waals surface area contributed by atoms with Crippen molar-refractivity contribution in [1.29, 1.82) is 0 Å². The van der Waals surface area contributed by atoms with Crippen LogP contribution in [0.25, 0.3) is 0 Å². The van der Waals surface area contributed by atoms with Crippen LogP contribution in [0.1, 0.15) is 36.5 Å². The molecule has 1 aromatic rings. The van der Waals surface area contributed by atoms with Gasteiger partial charge in [0.1, 0.15) is 5.82 Å². The summed E-state index contributed by atoms with van der Waals surface area (Å²) in [5.41, 5.74) is 0.742. The van der Waals surface area contributed by atoms with Crippen molar-refractivity contribution < 1.29 is 4.79 Å². The molecule has 1 aliphatic rings. The molecule has 2 rings (SSSR count). The fourth-order valence-corrected chi connectivity index (χ4v) is 1.79. The van der Waals surface area contributed by atoms with E-state index in [2.05, 4.69) is 16.9 Å². The number of hydrogen-bond donors (Lipinski definition) is 0. The summed E-state index contributed by atoms with van der Waals surface area (Å²) < 4.78 is 0. The second-order valence-corrected chi connectivity index (χ2v) is 4.15. The van der Waals surface area contributed by atoms with E-state index in [1.165, 1.54) is 19.3 Å². The number of rotatable bonds is 3. The molecule has 1 aromatic heterocycles. The highest BCUT2D eigenvalue weighted by atomic mass is 16.1. The number of nitrogens with zero attached hydrogens (tertiary/aromatic N) is 2. The Labute approximate surface area is 90.1 Å². The van der Waals surface area contributed by atoms with Crippen LogP contribution >= 0.6 is 0 Å². The van der Waals surface area contributed by atoms with Crippen molar-refractivity contribution in [3.8, 4) is 0 Å². The van der Waals surface area contributed by atoms with E-state index in [0.717, 1.165) is 11.4 Å². The molecule has 0 atom stereocenters. The van der Waals surface area contributed by atoms with Crippen molar-refractivity contribution in [2.24, 2.45) is 0 Å². The van der Waals surface area contributed by atoms with Gasteiger partial charge in [-0.3, -0.25) is 4.79 Å². The number of aromatic nitrogens is 1. The molecule has 0 unspecified atom stereocenters. The lowest BCUT2D eigenvalue weighted by atomic mass is 9.92. The monoisotopic (exact) mass is 204 g/mol. The number of pyridine rings is 1. The predicted octanol–water partition coefficient (Wildman–Crippen LogP) is 2.27. The Morgan fingerprint density at radius 2 is 2.27 bits per heavy atom. The highest BCUT2D eigenvalue weighted by Gasteiger charge is 2.23. The molecule has 80 valence electrons. The molecule has 0 spiro atoms. The third-order valence-corrected chi connectivity index (χ3v) is 3.14. The maximum atomic E-state index is 11.2. The molecule has 1 fully saturated rings. The van der Waals surface area contributed by atoms with Crippen molar-refractivity contribution in [3.05, 3.63) is 23.9 Å². The average molecular weight is 204 g/mol. The summed E-state index contributed by atoms with van der Waals surface area (Å²) in [5, 5.41) is 0. The van der Waals surface area contributed by atoms with Crippen LogP contribution in [0.15, 0.2) is 18.3 Å².